The maximum Gasteiger partial charge on any atom is 0.234 e. The lowest BCUT2D eigenvalue weighted by Crippen LogP contribution is -2.10. The topological polar surface area (TPSA) is 67.3 Å². The van der Waals surface area contributed by atoms with Gasteiger partial charge in [-0.1, -0.05) is 32.0 Å². The zero-order valence-corrected chi connectivity index (χ0v) is 13.6. The predicted molar refractivity (Wildman–Crippen MR) is 89.8 cm³/mol. The second kappa shape index (κ2) is 6.96. The van der Waals surface area contributed by atoms with E-state index < -0.39 is 0 Å². The van der Waals surface area contributed by atoms with Crippen LogP contribution in [0.25, 0.3) is 0 Å². The van der Waals surface area contributed by atoms with Crippen molar-refractivity contribution in [2.24, 2.45) is 0 Å². The number of nitrogens with one attached hydrogen (secondary N) is 1. The van der Waals surface area contributed by atoms with Crippen LogP contribution in [-0.4, -0.2) is 28.3 Å². The SMILES string of the molecule is CC(C)c1ccc2c(c1)C(Nc1cncc(OCCO)n1)CC2. The molecule has 0 aliphatic heterocycles. The third kappa shape index (κ3) is 3.62. The standard InChI is InChI=1S/C18H23N3O2/c1-12(2)14-4-3-13-5-6-16(15(13)9-14)20-17-10-19-11-18(21-17)23-8-7-22/h3-4,9-12,16,22H,5-8H2,1-2H3,(H,20,21). The summed E-state index contributed by atoms with van der Waals surface area (Å²) in [6.45, 7) is 4.62. The van der Waals surface area contributed by atoms with Gasteiger partial charge in [0.1, 0.15) is 12.4 Å². The first kappa shape index (κ1) is 15.7. The molecule has 2 N–H and O–H groups in total. The highest BCUT2D eigenvalue weighted by atomic mass is 16.5. The monoisotopic (exact) mass is 313 g/mol. The molecule has 1 heterocycles. The summed E-state index contributed by atoms with van der Waals surface area (Å²) in [5.41, 5.74) is 4.13. The van der Waals surface area contributed by atoms with Crippen molar-refractivity contribution in [1.29, 1.82) is 0 Å². The lowest BCUT2D eigenvalue weighted by atomic mass is 9.97. The van der Waals surface area contributed by atoms with Crippen LogP contribution in [0.15, 0.2) is 30.6 Å². The van der Waals surface area contributed by atoms with Crippen LogP contribution in [0.5, 0.6) is 5.88 Å². The maximum absolute atomic E-state index is 8.82. The number of hydrogen-bond donors (Lipinski definition) is 2. The predicted octanol–water partition coefficient (Wildman–Crippen LogP) is 3.07. The molecule has 0 amide bonds. The summed E-state index contributed by atoms with van der Waals surface area (Å²) in [4.78, 5) is 8.55. The van der Waals surface area contributed by atoms with Gasteiger partial charge >= 0.3 is 0 Å². The number of rotatable bonds is 6. The molecule has 1 aromatic carbocycles. The average Bonchev–Trinajstić information content (AvgIpc) is 2.95. The lowest BCUT2D eigenvalue weighted by molar-refractivity contribution is 0.196. The van der Waals surface area contributed by atoms with E-state index in [0.717, 1.165) is 12.8 Å². The van der Waals surface area contributed by atoms with Crippen molar-refractivity contribution in [1.82, 2.24) is 9.97 Å². The molecule has 122 valence electrons. The molecule has 1 aliphatic carbocycles. The molecule has 1 aromatic heterocycles. The number of hydrogen-bond acceptors (Lipinski definition) is 5. The Morgan fingerprint density at radius 2 is 2.22 bits per heavy atom. The average molecular weight is 313 g/mol. The third-order valence-corrected chi connectivity index (χ3v) is 4.19. The third-order valence-electron chi connectivity index (χ3n) is 4.19. The van der Waals surface area contributed by atoms with E-state index in [4.69, 9.17) is 9.84 Å². The molecule has 0 radical (unpaired) electrons. The Bertz CT molecular complexity index is 673. The summed E-state index contributed by atoms with van der Waals surface area (Å²) in [6, 6.07) is 7.05. The van der Waals surface area contributed by atoms with Crippen LogP contribution < -0.4 is 10.1 Å². The van der Waals surface area contributed by atoms with E-state index in [9.17, 15) is 0 Å². The van der Waals surface area contributed by atoms with Gasteiger partial charge in [0.05, 0.1) is 25.0 Å². The first-order valence-electron chi connectivity index (χ1n) is 8.12. The first-order chi connectivity index (χ1) is 11.2. The fourth-order valence-electron chi connectivity index (χ4n) is 2.95. The van der Waals surface area contributed by atoms with E-state index in [-0.39, 0.29) is 19.3 Å². The highest BCUT2D eigenvalue weighted by Gasteiger charge is 2.23. The van der Waals surface area contributed by atoms with Crippen molar-refractivity contribution < 1.29 is 9.84 Å². The second-order valence-electron chi connectivity index (χ2n) is 6.16. The number of anilines is 1. The van der Waals surface area contributed by atoms with Gasteiger partial charge in [0.25, 0.3) is 0 Å². The van der Waals surface area contributed by atoms with Crippen LogP contribution in [0.2, 0.25) is 0 Å². The van der Waals surface area contributed by atoms with Gasteiger partial charge in [-0.15, -0.1) is 0 Å². The van der Waals surface area contributed by atoms with Gasteiger partial charge in [0.2, 0.25) is 5.88 Å². The summed E-state index contributed by atoms with van der Waals surface area (Å²) in [6.07, 6.45) is 5.40. The molecule has 0 bridgehead atoms. The van der Waals surface area contributed by atoms with Crippen LogP contribution in [-0.2, 0) is 6.42 Å². The molecule has 1 aliphatic rings. The zero-order valence-electron chi connectivity index (χ0n) is 13.6. The fraction of sp³-hybridized carbons (Fsp3) is 0.444. The van der Waals surface area contributed by atoms with Gasteiger partial charge in [-0.25, -0.2) is 0 Å². The van der Waals surface area contributed by atoms with Gasteiger partial charge in [-0.2, -0.15) is 4.98 Å². The Morgan fingerprint density at radius 3 is 3.00 bits per heavy atom. The van der Waals surface area contributed by atoms with Crippen molar-refractivity contribution in [3.05, 3.63) is 47.3 Å². The number of aliphatic hydroxyl groups excluding tert-OH is 1. The summed E-state index contributed by atoms with van der Waals surface area (Å²) >= 11 is 0. The van der Waals surface area contributed by atoms with Crippen LogP contribution in [0.1, 0.15) is 48.9 Å². The molecule has 23 heavy (non-hydrogen) atoms. The number of fused-ring (bicyclic) bond motifs is 1. The Morgan fingerprint density at radius 1 is 1.35 bits per heavy atom. The molecule has 0 spiro atoms. The van der Waals surface area contributed by atoms with Crippen LogP contribution in [0.4, 0.5) is 5.82 Å². The van der Waals surface area contributed by atoms with E-state index >= 15 is 0 Å². The Kier molecular flexibility index (Phi) is 4.76. The largest absolute Gasteiger partial charge is 0.474 e. The quantitative estimate of drug-likeness (QED) is 0.858. The number of benzene rings is 1. The Hall–Kier alpha value is -2.14. The van der Waals surface area contributed by atoms with Gasteiger partial charge in [0, 0.05) is 0 Å². The second-order valence-corrected chi connectivity index (χ2v) is 6.16. The fourth-order valence-corrected chi connectivity index (χ4v) is 2.95. The minimum atomic E-state index is -0.0344. The number of nitrogens with zero attached hydrogens (tertiary/aromatic N) is 2. The Balaban J connectivity index is 1.77. The van der Waals surface area contributed by atoms with E-state index in [2.05, 4.69) is 47.3 Å². The molecule has 5 nitrogen and oxygen atoms in total. The maximum atomic E-state index is 8.82. The zero-order chi connectivity index (χ0) is 16.2. The van der Waals surface area contributed by atoms with Gasteiger partial charge in [0.15, 0.2) is 0 Å². The van der Waals surface area contributed by atoms with E-state index in [1.807, 2.05) is 0 Å². The van der Waals surface area contributed by atoms with Crippen molar-refractivity contribution in [2.45, 2.75) is 38.6 Å². The molecule has 3 rings (SSSR count). The summed E-state index contributed by atoms with van der Waals surface area (Å²) < 4.78 is 5.32. The van der Waals surface area contributed by atoms with E-state index in [1.165, 1.54) is 16.7 Å². The highest BCUT2D eigenvalue weighted by molar-refractivity contribution is 5.45. The molecule has 2 aromatic rings. The van der Waals surface area contributed by atoms with Crippen molar-refractivity contribution in [3.63, 3.8) is 0 Å². The molecule has 0 fully saturated rings. The van der Waals surface area contributed by atoms with Gasteiger partial charge in [-0.3, -0.25) is 4.98 Å². The van der Waals surface area contributed by atoms with E-state index in [1.54, 1.807) is 12.4 Å². The normalized spacial score (nSPS) is 16.4. The van der Waals surface area contributed by atoms with Crippen molar-refractivity contribution in [2.75, 3.05) is 18.5 Å². The van der Waals surface area contributed by atoms with Gasteiger partial charge < -0.3 is 15.2 Å². The molecular weight excluding hydrogens is 290 g/mol. The molecular formula is C18H23N3O2. The van der Waals surface area contributed by atoms with Crippen LogP contribution in [0, 0.1) is 0 Å². The Labute approximate surface area is 136 Å². The lowest BCUT2D eigenvalue weighted by Gasteiger charge is -2.16. The number of aliphatic hydroxyl groups is 1. The summed E-state index contributed by atoms with van der Waals surface area (Å²) in [7, 11) is 0. The highest BCUT2D eigenvalue weighted by Crippen LogP contribution is 2.35. The first-order valence-corrected chi connectivity index (χ1v) is 8.12. The van der Waals surface area contributed by atoms with Crippen LogP contribution in [0.3, 0.4) is 0 Å². The number of aryl methyl sites for hydroxylation is 1. The minimum Gasteiger partial charge on any atom is -0.474 e. The van der Waals surface area contributed by atoms with Crippen molar-refractivity contribution in [3.8, 4) is 5.88 Å². The van der Waals surface area contributed by atoms with E-state index in [0.29, 0.717) is 17.6 Å². The number of aromatic nitrogens is 2. The molecule has 1 atom stereocenters. The van der Waals surface area contributed by atoms with Crippen molar-refractivity contribution >= 4 is 5.82 Å². The molecule has 5 heteroatoms. The smallest absolute Gasteiger partial charge is 0.234 e. The van der Waals surface area contributed by atoms with Crippen LogP contribution >= 0.6 is 0 Å². The summed E-state index contributed by atoms with van der Waals surface area (Å²) in [5.74, 6) is 1.66. The molecule has 0 saturated carbocycles. The summed E-state index contributed by atoms with van der Waals surface area (Å²) in [5, 5.41) is 12.3. The number of ether oxygens (including phenoxy) is 1. The molecule has 1 unspecified atom stereocenters. The minimum absolute atomic E-state index is 0.0344. The van der Waals surface area contributed by atoms with Gasteiger partial charge in [-0.05, 0) is 35.4 Å². The molecule has 0 saturated heterocycles.